The van der Waals surface area contributed by atoms with E-state index in [9.17, 15) is 0 Å². The molecule has 6 heteroatoms. The van der Waals surface area contributed by atoms with Crippen molar-refractivity contribution in [3.05, 3.63) is 84.7 Å². The summed E-state index contributed by atoms with van der Waals surface area (Å²) in [5.41, 5.74) is 11.1. The van der Waals surface area contributed by atoms with Gasteiger partial charge in [0.15, 0.2) is 5.82 Å². The van der Waals surface area contributed by atoms with Crippen molar-refractivity contribution in [1.82, 2.24) is 14.5 Å². The summed E-state index contributed by atoms with van der Waals surface area (Å²) in [5.74, 6) is 2.08. The van der Waals surface area contributed by atoms with E-state index in [4.69, 9.17) is 20.2 Å². The average Bonchev–Trinajstić information content (AvgIpc) is 3.23. The van der Waals surface area contributed by atoms with E-state index in [-0.39, 0.29) is 0 Å². The first kappa shape index (κ1) is 21.0. The van der Waals surface area contributed by atoms with Crippen LogP contribution in [0.3, 0.4) is 0 Å². The fraction of sp³-hybridized carbons (Fsp3) is 0.185. The highest BCUT2D eigenvalue weighted by Gasteiger charge is 2.18. The molecule has 0 saturated heterocycles. The molecule has 33 heavy (non-hydrogen) atoms. The van der Waals surface area contributed by atoms with Gasteiger partial charge in [0.2, 0.25) is 0 Å². The van der Waals surface area contributed by atoms with Crippen LogP contribution in [0.1, 0.15) is 12.7 Å². The van der Waals surface area contributed by atoms with Crippen LogP contribution >= 0.6 is 0 Å². The average molecular weight is 439 g/mol. The van der Waals surface area contributed by atoms with Crippen LogP contribution in [0.25, 0.3) is 33.1 Å². The SMILES string of the molecule is CCOCc1nc2c(N)nc3cc(-c4ccccc4)ccc3c2n1CCOc1ccccc1. The maximum Gasteiger partial charge on any atom is 0.152 e. The van der Waals surface area contributed by atoms with Gasteiger partial charge in [0.05, 0.1) is 17.6 Å². The number of fused-ring (bicyclic) bond motifs is 3. The molecule has 6 nitrogen and oxygen atoms in total. The lowest BCUT2D eigenvalue weighted by atomic mass is 10.0. The predicted octanol–water partition coefficient (Wildman–Crippen LogP) is 5.45. The lowest BCUT2D eigenvalue weighted by molar-refractivity contribution is 0.125. The molecule has 0 fully saturated rings. The summed E-state index contributed by atoms with van der Waals surface area (Å²) in [5, 5.41) is 1.01. The Morgan fingerprint density at radius 1 is 0.879 bits per heavy atom. The highest BCUT2D eigenvalue weighted by atomic mass is 16.5. The van der Waals surface area contributed by atoms with Gasteiger partial charge >= 0.3 is 0 Å². The van der Waals surface area contributed by atoms with Gasteiger partial charge in [0.1, 0.15) is 30.3 Å². The molecule has 2 N–H and O–H groups in total. The van der Waals surface area contributed by atoms with Crippen LogP contribution in [0.5, 0.6) is 5.75 Å². The maximum absolute atomic E-state index is 6.38. The number of para-hydroxylation sites is 1. The Bertz CT molecular complexity index is 1380. The van der Waals surface area contributed by atoms with Crippen LogP contribution < -0.4 is 10.5 Å². The van der Waals surface area contributed by atoms with Gasteiger partial charge in [-0.1, -0.05) is 60.7 Å². The molecule has 2 aromatic heterocycles. The topological polar surface area (TPSA) is 75.2 Å². The summed E-state index contributed by atoms with van der Waals surface area (Å²) in [6, 6.07) is 26.4. The lowest BCUT2D eigenvalue weighted by Crippen LogP contribution is -2.12. The van der Waals surface area contributed by atoms with Crippen molar-refractivity contribution in [1.29, 1.82) is 0 Å². The van der Waals surface area contributed by atoms with E-state index in [1.807, 2.05) is 55.5 Å². The van der Waals surface area contributed by atoms with Gasteiger partial charge in [-0.2, -0.15) is 0 Å². The first-order valence-corrected chi connectivity index (χ1v) is 11.1. The summed E-state index contributed by atoms with van der Waals surface area (Å²) in [6.45, 7) is 4.10. The molecule has 3 aromatic carbocycles. The van der Waals surface area contributed by atoms with Gasteiger partial charge in [-0.05, 0) is 36.2 Å². The Kier molecular flexibility index (Phi) is 5.91. The van der Waals surface area contributed by atoms with Crippen LogP contribution in [-0.2, 0) is 17.9 Å². The third-order valence-electron chi connectivity index (χ3n) is 5.65. The zero-order valence-electron chi connectivity index (χ0n) is 18.6. The van der Waals surface area contributed by atoms with Gasteiger partial charge < -0.3 is 19.8 Å². The molecule has 5 aromatic rings. The minimum atomic E-state index is 0.402. The van der Waals surface area contributed by atoms with Crippen molar-refractivity contribution in [3.8, 4) is 16.9 Å². The van der Waals surface area contributed by atoms with Gasteiger partial charge in [-0.15, -0.1) is 0 Å². The zero-order chi connectivity index (χ0) is 22.6. The van der Waals surface area contributed by atoms with Crippen molar-refractivity contribution < 1.29 is 9.47 Å². The van der Waals surface area contributed by atoms with Crippen LogP contribution in [0.2, 0.25) is 0 Å². The molecule has 0 atom stereocenters. The first-order chi connectivity index (χ1) is 16.2. The molecule has 0 spiro atoms. The smallest absolute Gasteiger partial charge is 0.152 e. The van der Waals surface area contributed by atoms with Gasteiger partial charge in [0.25, 0.3) is 0 Å². The normalized spacial score (nSPS) is 11.3. The summed E-state index contributed by atoms with van der Waals surface area (Å²) in [6.07, 6.45) is 0. The largest absolute Gasteiger partial charge is 0.492 e. The third-order valence-corrected chi connectivity index (χ3v) is 5.65. The molecule has 166 valence electrons. The Labute approximate surface area is 192 Å². The number of ether oxygens (including phenoxy) is 2. The van der Waals surface area contributed by atoms with E-state index in [1.165, 1.54) is 0 Å². The number of nitrogens with two attached hydrogens (primary N) is 1. The zero-order valence-corrected chi connectivity index (χ0v) is 18.6. The number of hydrogen-bond donors (Lipinski definition) is 1. The maximum atomic E-state index is 6.38. The number of aromatic nitrogens is 3. The molecule has 0 saturated carbocycles. The second-order valence-corrected chi connectivity index (χ2v) is 7.77. The van der Waals surface area contributed by atoms with E-state index in [2.05, 4.69) is 39.9 Å². The van der Waals surface area contributed by atoms with E-state index < -0.39 is 0 Å². The van der Waals surface area contributed by atoms with Crippen molar-refractivity contribution in [2.45, 2.75) is 20.1 Å². The summed E-state index contributed by atoms with van der Waals surface area (Å²) in [4.78, 5) is 9.48. The Hall–Kier alpha value is -3.90. The third kappa shape index (κ3) is 4.25. The molecule has 0 aliphatic carbocycles. The number of nitrogen functional groups attached to an aromatic ring is 1. The minimum absolute atomic E-state index is 0.402. The Morgan fingerprint density at radius 2 is 1.64 bits per heavy atom. The van der Waals surface area contributed by atoms with Crippen LogP contribution in [-0.4, -0.2) is 27.7 Å². The lowest BCUT2D eigenvalue weighted by Gasteiger charge is -2.12. The van der Waals surface area contributed by atoms with E-state index in [0.717, 1.165) is 39.1 Å². The van der Waals surface area contributed by atoms with Crippen molar-refractivity contribution in [2.75, 3.05) is 18.9 Å². The van der Waals surface area contributed by atoms with Crippen molar-refractivity contribution >= 4 is 27.8 Å². The summed E-state index contributed by atoms with van der Waals surface area (Å²) >= 11 is 0. The molecular weight excluding hydrogens is 412 g/mol. The van der Waals surface area contributed by atoms with Crippen LogP contribution in [0, 0.1) is 0 Å². The highest BCUT2D eigenvalue weighted by Crippen LogP contribution is 2.32. The second kappa shape index (κ2) is 9.30. The molecule has 2 heterocycles. The Balaban J connectivity index is 1.58. The van der Waals surface area contributed by atoms with Crippen LogP contribution in [0.4, 0.5) is 5.82 Å². The predicted molar refractivity (Wildman–Crippen MR) is 132 cm³/mol. The number of hydrogen-bond acceptors (Lipinski definition) is 5. The number of nitrogens with zero attached hydrogens (tertiary/aromatic N) is 3. The van der Waals surface area contributed by atoms with Gasteiger partial charge in [0, 0.05) is 12.0 Å². The van der Waals surface area contributed by atoms with E-state index in [1.54, 1.807) is 0 Å². The molecule has 5 rings (SSSR count). The fourth-order valence-corrected chi connectivity index (χ4v) is 4.08. The summed E-state index contributed by atoms with van der Waals surface area (Å²) < 4.78 is 13.8. The fourth-order valence-electron chi connectivity index (χ4n) is 4.08. The molecule has 0 bridgehead atoms. The summed E-state index contributed by atoms with van der Waals surface area (Å²) in [7, 11) is 0. The quantitative estimate of drug-likeness (QED) is 0.349. The van der Waals surface area contributed by atoms with E-state index >= 15 is 0 Å². The van der Waals surface area contributed by atoms with Crippen molar-refractivity contribution in [2.24, 2.45) is 0 Å². The second-order valence-electron chi connectivity index (χ2n) is 7.77. The number of benzene rings is 3. The Morgan fingerprint density at radius 3 is 2.39 bits per heavy atom. The molecular formula is C27H26N4O2. The number of rotatable bonds is 8. The first-order valence-electron chi connectivity index (χ1n) is 11.1. The molecule has 0 aliphatic rings. The standard InChI is InChI=1S/C27H26N4O2/c1-2-32-18-24-30-25-26(31(24)15-16-33-21-11-7-4-8-12-21)22-14-13-20(17-23(22)29-27(25)28)19-9-5-3-6-10-19/h3-14,17H,2,15-16,18H2,1H3,(H2,28,29). The molecule has 0 radical (unpaired) electrons. The number of pyridine rings is 1. The van der Waals surface area contributed by atoms with E-state index in [0.29, 0.717) is 37.7 Å². The minimum Gasteiger partial charge on any atom is -0.492 e. The van der Waals surface area contributed by atoms with Gasteiger partial charge in [-0.25, -0.2) is 9.97 Å². The highest BCUT2D eigenvalue weighted by molar-refractivity contribution is 6.07. The molecule has 0 unspecified atom stereocenters. The molecule has 0 amide bonds. The van der Waals surface area contributed by atoms with Gasteiger partial charge in [-0.3, -0.25) is 0 Å². The number of anilines is 1. The molecule has 0 aliphatic heterocycles. The number of imidazole rings is 1. The van der Waals surface area contributed by atoms with Crippen LogP contribution in [0.15, 0.2) is 78.9 Å². The monoisotopic (exact) mass is 438 g/mol. The van der Waals surface area contributed by atoms with Crippen molar-refractivity contribution in [3.63, 3.8) is 0 Å².